The van der Waals surface area contributed by atoms with Crippen molar-refractivity contribution in [1.82, 2.24) is 4.90 Å². The van der Waals surface area contributed by atoms with Gasteiger partial charge < -0.3 is 48.0 Å². The van der Waals surface area contributed by atoms with Gasteiger partial charge in [0.05, 0.1) is 29.7 Å². The minimum Gasteiger partial charge on any atom is -0.504 e. The van der Waals surface area contributed by atoms with Crippen LogP contribution in [0, 0.1) is 0 Å². The minimum atomic E-state index is -1.71. The molecule has 14 nitrogen and oxygen atoms in total. The first-order valence-corrected chi connectivity index (χ1v) is 15.5. The van der Waals surface area contributed by atoms with Crippen molar-refractivity contribution in [3.8, 4) is 34.1 Å². The van der Waals surface area contributed by atoms with Gasteiger partial charge in [-0.05, 0) is 23.8 Å². The number of carbonyl (C=O) groups is 3. The van der Waals surface area contributed by atoms with Gasteiger partial charge in [-0.2, -0.15) is 0 Å². The summed E-state index contributed by atoms with van der Waals surface area (Å²) in [7, 11) is 5.47. The van der Waals surface area contributed by atoms with E-state index in [4.69, 9.17) is 44.4 Å². The lowest BCUT2D eigenvalue weighted by atomic mass is 9.76. The molecular weight excluding hydrogens is 678 g/mol. The van der Waals surface area contributed by atoms with E-state index in [1.165, 1.54) is 57.6 Å². The highest BCUT2D eigenvalue weighted by molar-refractivity contribution is 6.33. The Labute approximate surface area is 289 Å². The molecule has 2 heterocycles. The molecule has 2 aliphatic rings. The maximum absolute atomic E-state index is 14.3. The average Bonchev–Trinajstić information content (AvgIpc) is 3.06. The normalized spacial score (nSPS) is 19.5. The van der Waals surface area contributed by atoms with Crippen molar-refractivity contribution in [2.24, 2.45) is 0 Å². The number of carbonyl (C=O) groups excluding carboxylic acids is 3. The molecule has 3 aromatic carbocycles. The van der Waals surface area contributed by atoms with Crippen molar-refractivity contribution in [2.75, 3.05) is 35.0 Å². The lowest BCUT2D eigenvalue weighted by Gasteiger charge is -2.41. The van der Waals surface area contributed by atoms with Crippen LogP contribution in [0.3, 0.4) is 0 Å². The van der Waals surface area contributed by atoms with Crippen LogP contribution >= 0.6 is 11.6 Å². The van der Waals surface area contributed by atoms with Crippen molar-refractivity contribution in [2.45, 2.75) is 38.4 Å². The average molecular weight is 710 g/mol. The van der Waals surface area contributed by atoms with Crippen molar-refractivity contribution in [3.05, 3.63) is 68.4 Å². The number of aliphatic hydroxyl groups excluding tert-OH is 1. The Bertz CT molecular complexity index is 2190. The van der Waals surface area contributed by atoms with E-state index in [1.54, 1.807) is 0 Å². The highest BCUT2D eigenvalue weighted by Gasteiger charge is 2.48. The van der Waals surface area contributed by atoms with Crippen LogP contribution in [-0.2, 0) is 23.8 Å². The summed E-state index contributed by atoms with van der Waals surface area (Å²) in [6.07, 6.45) is -3.39. The molecule has 0 spiro atoms. The fourth-order valence-electron chi connectivity index (χ4n) is 6.77. The number of phenols is 1. The fourth-order valence-corrected chi connectivity index (χ4v) is 6.99. The summed E-state index contributed by atoms with van der Waals surface area (Å²) in [4.78, 5) is 55.2. The number of aliphatic hydroxyl groups is 1. The zero-order valence-corrected chi connectivity index (χ0v) is 28.5. The van der Waals surface area contributed by atoms with Crippen molar-refractivity contribution < 1.29 is 57.4 Å². The predicted octanol–water partition coefficient (Wildman–Crippen LogP) is 4.87. The highest BCUT2D eigenvalue weighted by atomic mass is 35.5. The van der Waals surface area contributed by atoms with Gasteiger partial charge in [-0.1, -0.05) is 17.7 Å². The van der Waals surface area contributed by atoms with Crippen LogP contribution in [0.2, 0.25) is 5.02 Å². The van der Waals surface area contributed by atoms with Crippen LogP contribution in [0.25, 0.3) is 33.1 Å². The Balaban J connectivity index is 1.86. The standard InChI is InChI=1S/C35H32ClNO13/c1-8-11-47-29-17-12-16-19(31(48-13(2)38)20(17)34(43)37(4)35(29)46-7)21-22(25(41)27(16)44-5)26(42)33-23(32(21)49-14(3)39)24(40)15-9-10-18(36)30(45-6)28(15)50-33/h8-10,12,25,27,29,35,41-42H,1,11H2,2-7H3. The van der Waals surface area contributed by atoms with Gasteiger partial charge in [0.15, 0.2) is 40.4 Å². The smallest absolute Gasteiger partial charge is 0.308 e. The number of methoxy groups -OCH3 is 3. The molecule has 1 aliphatic heterocycles. The van der Waals surface area contributed by atoms with Crippen molar-refractivity contribution in [3.63, 3.8) is 0 Å². The number of fused-ring (bicyclic) bond motifs is 6. The topological polar surface area (TPSA) is 180 Å². The Morgan fingerprint density at radius 1 is 0.960 bits per heavy atom. The minimum absolute atomic E-state index is 0.0102. The number of esters is 2. The molecule has 0 radical (unpaired) electrons. The number of halogens is 1. The van der Waals surface area contributed by atoms with E-state index in [2.05, 4.69) is 6.58 Å². The van der Waals surface area contributed by atoms with Crippen LogP contribution in [0.5, 0.6) is 23.0 Å². The Morgan fingerprint density at radius 2 is 1.62 bits per heavy atom. The third-order valence-corrected chi connectivity index (χ3v) is 9.01. The lowest BCUT2D eigenvalue weighted by molar-refractivity contribution is -0.133. The first-order chi connectivity index (χ1) is 23.8. The zero-order valence-electron chi connectivity index (χ0n) is 27.7. The molecule has 4 unspecified atom stereocenters. The molecule has 1 aromatic heterocycles. The third-order valence-electron chi connectivity index (χ3n) is 8.71. The molecule has 1 aliphatic carbocycles. The van der Waals surface area contributed by atoms with Crippen LogP contribution in [0.4, 0.5) is 0 Å². The van der Waals surface area contributed by atoms with Crippen LogP contribution in [-0.4, -0.2) is 74.2 Å². The molecule has 262 valence electrons. The number of benzene rings is 3. The number of amides is 1. The summed E-state index contributed by atoms with van der Waals surface area (Å²) >= 11 is 6.31. The maximum atomic E-state index is 14.3. The monoisotopic (exact) mass is 709 g/mol. The van der Waals surface area contributed by atoms with Gasteiger partial charge in [0.2, 0.25) is 5.43 Å². The molecule has 4 atom stereocenters. The van der Waals surface area contributed by atoms with Gasteiger partial charge in [0.25, 0.3) is 5.91 Å². The lowest BCUT2D eigenvalue weighted by Crippen LogP contribution is -2.48. The Hall–Kier alpha value is -4.99. The molecule has 50 heavy (non-hydrogen) atoms. The largest absolute Gasteiger partial charge is 0.504 e. The van der Waals surface area contributed by atoms with E-state index in [1.807, 2.05) is 0 Å². The molecule has 15 heteroatoms. The Morgan fingerprint density at radius 3 is 2.22 bits per heavy atom. The van der Waals surface area contributed by atoms with Crippen LogP contribution in [0.1, 0.15) is 59.2 Å². The van der Waals surface area contributed by atoms with E-state index in [0.717, 1.165) is 13.8 Å². The number of hydrogen-bond donors (Lipinski definition) is 2. The predicted molar refractivity (Wildman–Crippen MR) is 178 cm³/mol. The molecule has 2 N–H and O–H groups in total. The van der Waals surface area contributed by atoms with Gasteiger partial charge in [-0.3, -0.25) is 19.2 Å². The van der Waals surface area contributed by atoms with Gasteiger partial charge in [0.1, 0.15) is 23.7 Å². The third kappa shape index (κ3) is 5.10. The van der Waals surface area contributed by atoms with E-state index >= 15 is 0 Å². The number of aromatic hydroxyl groups is 1. The molecule has 0 saturated heterocycles. The van der Waals surface area contributed by atoms with Crippen molar-refractivity contribution >= 4 is 51.4 Å². The second-order valence-electron chi connectivity index (χ2n) is 11.6. The summed E-state index contributed by atoms with van der Waals surface area (Å²) in [5, 5.41) is 23.5. The summed E-state index contributed by atoms with van der Waals surface area (Å²) in [5.41, 5.74) is -1.73. The van der Waals surface area contributed by atoms with E-state index < -0.39 is 70.3 Å². The molecule has 0 bridgehead atoms. The van der Waals surface area contributed by atoms with Gasteiger partial charge in [0, 0.05) is 57.4 Å². The number of ether oxygens (including phenoxy) is 6. The fraction of sp³-hybridized carbons (Fsp3) is 0.314. The molecule has 4 aromatic rings. The van der Waals surface area contributed by atoms with E-state index in [0.29, 0.717) is 0 Å². The Kier molecular flexibility index (Phi) is 9.09. The highest BCUT2D eigenvalue weighted by Crippen LogP contribution is 2.60. The number of phenolic OH excluding ortho intramolecular Hbond substituents is 1. The molecule has 6 rings (SSSR count). The molecule has 1 amide bonds. The first kappa shape index (κ1) is 34.9. The van der Waals surface area contributed by atoms with Gasteiger partial charge in [-0.25, -0.2) is 0 Å². The molecule has 0 saturated carbocycles. The van der Waals surface area contributed by atoms with E-state index in [-0.39, 0.29) is 67.5 Å². The number of hydrogen-bond acceptors (Lipinski definition) is 13. The quantitative estimate of drug-likeness (QED) is 0.110. The SMILES string of the molecule is C=CCOC1c2cc3c(c(OC(C)=O)c2C(=O)N(C)C1OC)-c1c(c(O)c2oc4c(OC)c(Cl)ccc4c(=O)c2c1OC(C)=O)C(O)C3OC. The van der Waals surface area contributed by atoms with Crippen LogP contribution in [0.15, 0.2) is 40.1 Å². The summed E-state index contributed by atoms with van der Waals surface area (Å²) in [5.74, 6) is -3.88. The summed E-state index contributed by atoms with van der Waals surface area (Å²) in [6, 6.07) is 4.30. The van der Waals surface area contributed by atoms with Gasteiger partial charge in [-0.15, -0.1) is 6.58 Å². The van der Waals surface area contributed by atoms with Gasteiger partial charge >= 0.3 is 11.9 Å². The second-order valence-corrected chi connectivity index (χ2v) is 12.0. The van der Waals surface area contributed by atoms with E-state index in [9.17, 15) is 29.4 Å². The maximum Gasteiger partial charge on any atom is 0.308 e. The number of rotatable bonds is 8. The number of nitrogens with zero attached hydrogens (tertiary/aromatic N) is 1. The zero-order chi connectivity index (χ0) is 36.3. The second kappa shape index (κ2) is 13.0. The summed E-state index contributed by atoms with van der Waals surface area (Å²) in [6.45, 7) is 5.94. The molecule has 0 fully saturated rings. The first-order valence-electron chi connectivity index (χ1n) is 15.2. The number of likely N-dealkylation sites (N-methyl/N-ethyl adjacent to an activating group) is 1. The summed E-state index contributed by atoms with van der Waals surface area (Å²) < 4.78 is 40.4. The molecular formula is C35H32ClNO13. The van der Waals surface area contributed by atoms with Crippen molar-refractivity contribution in [1.29, 1.82) is 0 Å². The van der Waals surface area contributed by atoms with Crippen LogP contribution < -0.4 is 19.6 Å².